The van der Waals surface area contributed by atoms with Gasteiger partial charge in [-0.2, -0.15) is 0 Å². The molecule has 1 heterocycles. The summed E-state index contributed by atoms with van der Waals surface area (Å²) in [6.07, 6.45) is 6.19. The van der Waals surface area contributed by atoms with Gasteiger partial charge in [-0.1, -0.05) is 42.7 Å². The Labute approximate surface area is 140 Å². The summed E-state index contributed by atoms with van der Waals surface area (Å²) in [5.41, 5.74) is 1.00. The average molecular weight is 333 g/mol. The fourth-order valence-corrected chi connectivity index (χ4v) is 3.69. The predicted molar refractivity (Wildman–Crippen MR) is 93.9 cm³/mol. The van der Waals surface area contributed by atoms with E-state index in [1.807, 2.05) is 18.2 Å². The van der Waals surface area contributed by atoms with E-state index in [9.17, 15) is 4.79 Å². The van der Waals surface area contributed by atoms with Crippen molar-refractivity contribution >= 4 is 32.6 Å². The first-order chi connectivity index (χ1) is 11.3. The largest absolute Gasteiger partial charge is 0.368 e. The molecule has 1 fully saturated rings. The molecule has 1 aromatic carbocycles. The standard InChI is InChI=1S/C17H23N3O2S/c21-16(12-22-13-6-2-1-3-7-13)18-10-11-19-17-20-14-8-4-5-9-15(14)23-17/h4-5,8-9,13H,1-3,6-7,10-12H2,(H,18,21)(H,19,20). The van der Waals surface area contributed by atoms with Gasteiger partial charge in [0.2, 0.25) is 5.91 Å². The lowest BCUT2D eigenvalue weighted by Crippen LogP contribution is -2.33. The SMILES string of the molecule is O=C(COC1CCCCC1)NCCNc1nc2ccccc2s1. The molecule has 124 valence electrons. The Morgan fingerprint density at radius 3 is 2.87 bits per heavy atom. The van der Waals surface area contributed by atoms with Crippen LogP contribution in [0.1, 0.15) is 32.1 Å². The third kappa shape index (κ3) is 4.91. The Morgan fingerprint density at radius 1 is 1.22 bits per heavy atom. The number of carbonyl (C=O) groups is 1. The number of para-hydroxylation sites is 1. The molecule has 5 nitrogen and oxygen atoms in total. The third-order valence-corrected chi connectivity index (χ3v) is 5.01. The first kappa shape index (κ1) is 16.2. The molecule has 1 aliphatic carbocycles. The number of ether oxygens (including phenoxy) is 1. The number of amides is 1. The average Bonchev–Trinajstić information content (AvgIpc) is 3.00. The van der Waals surface area contributed by atoms with Gasteiger partial charge in [-0.05, 0) is 25.0 Å². The van der Waals surface area contributed by atoms with E-state index < -0.39 is 0 Å². The van der Waals surface area contributed by atoms with Crippen LogP contribution in [-0.2, 0) is 9.53 Å². The number of benzene rings is 1. The van der Waals surface area contributed by atoms with Crippen molar-refractivity contribution in [3.05, 3.63) is 24.3 Å². The highest BCUT2D eigenvalue weighted by Gasteiger charge is 2.14. The Bertz CT molecular complexity index is 605. The molecule has 1 aliphatic rings. The van der Waals surface area contributed by atoms with Crippen LogP contribution in [0.5, 0.6) is 0 Å². The number of thiazole rings is 1. The van der Waals surface area contributed by atoms with E-state index in [1.54, 1.807) is 11.3 Å². The fraction of sp³-hybridized carbons (Fsp3) is 0.529. The molecule has 0 unspecified atom stereocenters. The summed E-state index contributed by atoms with van der Waals surface area (Å²) in [5, 5.41) is 7.01. The van der Waals surface area contributed by atoms with Crippen LogP contribution in [-0.4, -0.2) is 36.7 Å². The number of hydrogen-bond acceptors (Lipinski definition) is 5. The lowest BCUT2D eigenvalue weighted by atomic mass is 9.98. The second-order valence-corrected chi connectivity index (χ2v) is 6.87. The summed E-state index contributed by atoms with van der Waals surface area (Å²) >= 11 is 1.63. The van der Waals surface area contributed by atoms with Gasteiger partial charge in [0.25, 0.3) is 0 Å². The molecule has 0 atom stereocenters. The van der Waals surface area contributed by atoms with Crippen molar-refractivity contribution in [1.82, 2.24) is 10.3 Å². The minimum atomic E-state index is -0.0401. The molecular formula is C17H23N3O2S. The smallest absolute Gasteiger partial charge is 0.246 e. The Morgan fingerprint density at radius 2 is 2.04 bits per heavy atom. The maximum Gasteiger partial charge on any atom is 0.246 e. The van der Waals surface area contributed by atoms with E-state index in [0.29, 0.717) is 13.1 Å². The highest BCUT2D eigenvalue weighted by Crippen LogP contribution is 2.25. The number of fused-ring (bicyclic) bond motifs is 1. The van der Waals surface area contributed by atoms with Crippen LogP contribution in [0.15, 0.2) is 24.3 Å². The molecule has 0 saturated heterocycles. The molecule has 6 heteroatoms. The lowest BCUT2D eigenvalue weighted by molar-refractivity contribution is -0.128. The molecule has 1 saturated carbocycles. The first-order valence-corrected chi connectivity index (χ1v) is 9.10. The zero-order valence-electron chi connectivity index (χ0n) is 13.2. The summed E-state index contributed by atoms with van der Waals surface area (Å²) in [5.74, 6) is -0.0401. The molecule has 0 aliphatic heterocycles. The lowest BCUT2D eigenvalue weighted by Gasteiger charge is -2.21. The predicted octanol–water partition coefficient (Wildman–Crippen LogP) is 3.17. The minimum Gasteiger partial charge on any atom is -0.368 e. The quantitative estimate of drug-likeness (QED) is 0.764. The van der Waals surface area contributed by atoms with E-state index in [2.05, 4.69) is 21.7 Å². The normalized spacial score (nSPS) is 15.7. The first-order valence-electron chi connectivity index (χ1n) is 8.29. The van der Waals surface area contributed by atoms with Gasteiger partial charge in [0.15, 0.2) is 5.13 Å². The molecule has 1 amide bonds. The van der Waals surface area contributed by atoms with E-state index in [1.165, 1.54) is 24.0 Å². The van der Waals surface area contributed by atoms with Crippen molar-refractivity contribution in [3.63, 3.8) is 0 Å². The van der Waals surface area contributed by atoms with Crippen molar-refractivity contribution in [2.45, 2.75) is 38.2 Å². The van der Waals surface area contributed by atoms with E-state index in [-0.39, 0.29) is 18.6 Å². The van der Waals surface area contributed by atoms with Crippen LogP contribution in [0.25, 0.3) is 10.2 Å². The molecule has 23 heavy (non-hydrogen) atoms. The highest BCUT2D eigenvalue weighted by atomic mass is 32.1. The van der Waals surface area contributed by atoms with Crippen molar-refractivity contribution in [2.24, 2.45) is 0 Å². The van der Waals surface area contributed by atoms with Gasteiger partial charge in [-0.15, -0.1) is 0 Å². The number of aromatic nitrogens is 1. The topological polar surface area (TPSA) is 63.2 Å². The monoisotopic (exact) mass is 333 g/mol. The van der Waals surface area contributed by atoms with Crippen LogP contribution >= 0.6 is 11.3 Å². The van der Waals surface area contributed by atoms with Gasteiger partial charge in [-0.25, -0.2) is 4.98 Å². The summed E-state index contributed by atoms with van der Waals surface area (Å²) < 4.78 is 6.82. The minimum absolute atomic E-state index is 0.0401. The molecule has 2 N–H and O–H groups in total. The number of anilines is 1. The van der Waals surface area contributed by atoms with Crippen LogP contribution in [0.4, 0.5) is 5.13 Å². The van der Waals surface area contributed by atoms with Crippen LogP contribution < -0.4 is 10.6 Å². The van der Waals surface area contributed by atoms with Crippen molar-refractivity contribution < 1.29 is 9.53 Å². The summed E-state index contributed by atoms with van der Waals surface area (Å²) in [6.45, 7) is 1.41. The van der Waals surface area contributed by atoms with Gasteiger partial charge in [-0.3, -0.25) is 4.79 Å². The summed E-state index contributed by atoms with van der Waals surface area (Å²) in [7, 11) is 0. The summed E-state index contributed by atoms with van der Waals surface area (Å²) in [6, 6.07) is 8.05. The van der Waals surface area contributed by atoms with Crippen molar-refractivity contribution in [1.29, 1.82) is 0 Å². The van der Waals surface area contributed by atoms with Gasteiger partial charge >= 0.3 is 0 Å². The van der Waals surface area contributed by atoms with E-state index >= 15 is 0 Å². The fourth-order valence-electron chi connectivity index (χ4n) is 2.80. The van der Waals surface area contributed by atoms with Gasteiger partial charge in [0.1, 0.15) is 6.61 Å². The maximum atomic E-state index is 11.8. The summed E-state index contributed by atoms with van der Waals surface area (Å²) in [4.78, 5) is 16.3. The Balaban J connectivity index is 1.32. The second-order valence-electron chi connectivity index (χ2n) is 5.83. The molecule has 2 aromatic rings. The molecule has 3 rings (SSSR count). The van der Waals surface area contributed by atoms with Gasteiger partial charge < -0.3 is 15.4 Å². The number of carbonyl (C=O) groups excluding carboxylic acids is 1. The zero-order valence-corrected chi connectivity index (χ0v) is 14.0. The number of nitrogens with zero attached hydrogens (tertiary/aromatic N) is 1. The molecule has 0 bridgehead atoms. The maximum absolute atomic E-state index is 11.8. The second kappa shape index (κ2) is 8.26. The number of rotatable bonds is 7. The molecular weight excluding hydrogens is 310 g/mol. The van der Waals surface area contributed by atoms with Crippen LogP contribution in [0, 0.1) is 0 Å². The van der Waals surface area contributed by atoms with Crippen LogP contribution in [0.2, 0.25) is 0 Å². The Kier molecular flexibility index (Phi) is 5.82. The van der Waals surface area contributed by atoms with E-state index in [0.717, 1.165) is 23.5 Å². The van der Waals surface area contributed by atoms with Gasteiger partial charge in [0.05, 0.1) is 16.3 Å². The Hall–Kier alpha value is -1.66. The molecule has 0 radical (unpaired) electrons. The van der Waals surface area contributed by atoms with Crippen molar-refractivity contribution in [2.75, 3.05) is 25.0 Å². The van der Waals surface area contributed by atoms with Crippen LogP contribution in [0.3, 0.4) is 0 Å². The number of nitrogens with one attached hydrogen (secondary N) is 2. The third-order valence-electron chi connectivity index (χ3n) is 4.02. The zero-order chi connectivity index (χ0) is 15.9. The van der Waals surface area contributed by atoms with Gasteiger partial charge in [0, 0.05) is 13.1 Å². The molecule has 0 spiro atoms. The van der Waals surface area contributed by atoms with Crippen molar-refractivity contribution in [3.8, 4) is 0 Å². The van der Waals surface area contributed by atoms with E-state index in [4.69, 9.17) is 4.74 Å². The number of hydrogen-bond donors (Lipinski definition) is 2. The molecule has 1 aromatic heterocycles. The highest BCUT2D eigenvalue weighted by molar-refractivity contribution is 7.22.